The van der Waals surface area contributed by atoms with Gasteiger partial charge in [-0.3, -0.25) is 5.84 Å². The van der Waals surface area contributed by atoms with Gasteiger partial charge in [0.15, 0.2) is 23.3 Å². The average molecular weight is 194 g/mol. The van der Waals surface area contributed by atoms with E-state index in [9.17, 15) is 17.6 Å². The van der Waals surface area contributed by atoms with Crippen LogP contribution in [0.5, 0.6) is 0 Å². The van der Waals surface area contributed by atoms with Crippen molar-refractivity contribution in [3.05, 3.63) is 28.8 Å². The van der Waals surface area contributed by atoms with Crippen LogP contribution in [0.15, 0.2) is 0 Å². The molecule has 0 fully saturated rings. The molecule has 72 valence electrons. The number of nitrogens with one attached hydrogen (secondary N) is 1. The molecule has 1 aromatic rings. The fourth-order valence-corrected chi connectivity index (χ4v) is 0.913. The van der Waals surface area contributed by atoms with Gasteiger partial charge in [-0.25, -0.2) is 17.6 Å². The quantitative estimate of drug-likeness (QED) is 0.235. The molecular formula is C7H6F4N2. The molecule has 0 saturated carbocycles. The van der Waals surface area contributed by atoms with Gasteiger partial charge >= 0.3 is 0 Å². The Labute approximate surface area is 71.3 Å². The first kappa shape index (κ1) is 9.79. The van der Waals surface area contributed by atoms with Crippen molar-refractivity contribution < 1.29 is 17.6 Å². The van der Waals surface area contributed by atoms with Gasteiger partial charge in [0.2, 0.25) is 0 Å². The van der Waals surface area contributed by atoms with E-state index < -0.39 is 34.5 Å². The summed E-state index contributed by atoms with van der Waals surface area (Å²) in [6.07, 6.45) is 0. The summed E-state index contributed by atoms with van der Waals surface area (Å²) < 4.78 is 50.6. The van der Waals surface area contributed by atoms with Gasteiger partial charge in [-0.2, -0.15) is 0 Å². The predicted molar refractivity (Wildman–Crippen MR) is 38.8 cm³/mol. The Morgan fingerprint density at radius 3 is 1.85 bits per heavy atom. The maximum Gasteiger partial charge on any atom is 0.199 e. The minimum Gasteiger partial charge on any atom is -0.321 e. The zero-order valence-electron chi connectivity index (χ0n) is 6.59. The summed E-state index contributed by atoms with van der Waals surface area (Å²) in [5.41, 5.74) is 0.760. The molecule has 0 radical (unpaired) electrons. The highest BCUT2D eigenvalue weighted by molar-refractivity contribution is 5.52. The summed E-state index contributed by atoms with van der Waals surface area (Å²) in [7, 11) is 0. The number of nitrogens with two attached hydrogens (primary N) is 1. The predicted octanol–water partition coefficient (Wildman–Crippen LogP) is 1.84. The van der Waals surface area contributed by atoms with Crippen molar-refractivity contribution in [1.29, 1.82) is 0 Å². The van der Waals surface area contributed by atoms with E-state index in [0.717, 1.165) is 6.92 Å². The summed E-state index contributed by atoms with van der Waals surface area (Å²) >= 11 is 0. The fourth-order valence-electron chi connectivity index (χ4n) is 0.913. The van der Waals surface area contributed by atoms with E-state index in [4.69, 9.17) is 5.84 Å². The molecule has 1 aromatic carbocycles. The average Bonchev–Trinajstić information content (AvgIpc) is 2.13. The van der Waals surface area contributed by atoms with Crippen molar-refractivity contribution in [3.8, 4) is 0 Å². The van der Waals surface area contributed by atoms with Crippen LogP contribution < -0.4 is 11.3 Å². The Kier molecular flexibility index (Phi) is 2.42. The van der Waals surface area contributed by atoms with Gasteiger partial charge in [0.05, 0.1) is 5.69 Å². The lowest BCUT2D eigenvalue weighted by molar-refractivity contribution is 0.408. The molecule has 0 unspecified atom stereocenters. The lowest BCUT2D eigenvalue weighted by Gasteiger charge is -2.08. The van der Waals surface area contributed by atoms with Gasteiger partial charge in [-0.05, 0) is 6.92 Å². The van der Waals surface area contributed by atoms with Gasteiger partial charge in [0, 0.05) is 5.56 Å². The van der Waals surface area contributed by atoms with Gasteiger partial charge < -0.3 is 5.43 Å². The number of benzene rings is 1. The van der Waals surface area contributed by atoms with Crippen molar-refractivity contribution in [3.63, 3.8) is 0 Å². The Bertz CT molecular complexity index is 322. The van der Waals surface area contributed by atoms with Crippen LogP contribution >= 0.6 is 0 Å². The number of nitrogen functional groups attached to an aromatic ring is 1. The monoisotopic (exact) mass is 194 g/mol. The highest BCUT2D eigenvalue weighted by Gasteiger charge is 2.22. The molecule has 0 heterocycles. The molecule has 0 spiro atoms. The van der Waals surface area contributed by atoms with Crippen LogP contribution in [0.2, 0.25) is 0 Å². The third kappa shape index (κ3) is 1.33. The Morgan fingerprint density at radius 1 is 0.923 bits per heavy atom. The van der Waals surface area contributed by atoms with E-state index in [1.54, 1.807) is 5.43 Å². The molecular weight excluding hydrogens is 188 g/mol. The van der Waals surface area contributed by atoms with Crippen LogP contribution in [0, 0.1) is 30.2 Å². The fraction of sp³-hybridized carbons (Fsp3) is 0.143. The van der Waals surface area contributed by atoms with Crippen molar-refractivity contribution in [2.45, 2.75) is 6.92 Å². The van der Waals surface area contributed by atoms with Crippen molar-refractivity contribution in [1.82, 2.24) is 0 Å². The normalized spacial score (nSPS) is 10.3. The number of halogens is 4. The molecule has 1 rings (SSSR count). The molecule has 0 aliphatic carbocycles. The first-order valence-electron chi connectivity index (χ1n) is 3.29. The number of rotatable bonds is 1. The molecule has 3 N–H and O–H groups in total. The van der Waals surface area contributed by atoms with Crippen LogP contribution in [-0.2, 0) is 0 Å². The Balaban J connectivity index is 3.56. The number of anilines is 1. The van der Waals surface area contributed by atoms with Crippen LogP contribution in [0.25, 0.3) is 0 Å². The van der Waals surface area contributed by atoms with Crippen molar-refractivity contribution in [2.24, 2.45) is 5.84 Å². The molecule has 0 amide bonds. The van der Waals surface area contributed by atoms with Gasteiger partial charge in [0.25, 0.3) is 0 Å². The first-order valence-corrected chi connectivity index (χ1v) is 3.29. The summed E-state index contributed by atoms with van der Waals surface area (Å²) in [5, 5.41) is 0. The second-order valence-electron chi connectivity index (χ2n) is 2.40. The largest absolute Gasteiger partial charge is 0.321 e. The Morgan fingerprint density at radius 2 is 1.38 bits per heavy atom. The lowest BCUT2D eigenvalue weighted by Crippen LogP contribution is -2.13. The highest BCUT2D eigenvalue weighted by atomic mass is 19.2. The van der Waals surface area contributed by atoms with Crippen molar-refractivity contribution >= 4 is 5.69 Å². The maximum atomic E-state index is 12.8. The molecule has 0 aliphatic heterocycles. The van der Waals surface area contributed by atoms with E-state index in [2.05, 4.69) is 0 Å². The zero-order valence-corrected chi connectivity index (χ0v) is 6.59. The van der Waals surface area contributed by atoms with E-state index in [1.807, 2.05) is 0 Å². The molecule has 2 nitrogen and oxygen atoms in total. The maximum absolute atomic E-state index is 12.8. The lowest BCUT2D eigenvalue weighted by atomic mass is 10.1. The van der Waals surface area contributed by atoms with E-state index in [1.165, 1.54) is 0 Å². The topological polar surface area (TPSA) is 38.0 Å². The molecule has 0 atom stereocenters. The summed E-state index contributed by atoms with van der Waals surface area (Å²) in [6, 6.07) is 0. The smallest absolute Gasteiger partial charge is 0.199 e. The van der Waals surface area contributed by atoms with E-state index >= 15 is 0 Å². The molecule has 6 heteroatoms. The van der Waals surface area contributed by atoms with E-state index in [-0.39, 0.29) is 0 Å². The third-order valence-corrected chi connectivity index (χ3v) is 1.65. The summed E-state index contributed by atoms with van der Waals surface area (Å²) in [5.74, 6) is -1.90. The second kappa shape index (κ2) is 3.21. The number of hydrogen-bond acceptors (Lipinski definition) is 2. The van der Waals surface area contributed by atoms with Gasteiger partial charge in [-0.15, -0.1) is 0 Å². The number of hydrogen-bond donors (Lipinski definition) is 2. The summed E-state index contributed by atoms with van der Waals surface area (Å²) in [6.45, 7) is 1.08. The Hall–Kier alpha value is -1.30. The van der Waals surface area contributed by atoms with Gasteiger partial charge in [-0.1, -0.05) is 0 Å². The standard InChI is InChI=1S/C7H6F4N2/c1-2-3(8)4(9)5(10)6(11)7(2)13-12/h13H,12H2,1H3. The third-order valence-electron chi connectivity index (χ3n) is 1.65. The highest BCUT2D eigenvalue weighted by Crippen LogP contribution is 2.26. The van der Waals surface area contributed by atoms with Crippen LogP contribution in [0.3, 0.4) is 0 Å². The SMILES string of the molecule is Cc1c(F)c(F)c(F)c(F)c1NN. The second-order valence-corrected chi connectivity index (χ2v) is 2.40. The van der Waals surface area contributed by atoms with E-state index in [0.29, 0.717) is 0 Å². The molecule has 13 heavy (non-hydrogen) atoms. The molecule has 0 aromatic heterocycles. The van der Waals surface area contributed by atoms with Crippen LogP contribution in [0.1, 0.15) is 5.56 Å². The number of hydrazine groups is 1. The first-order chi connectivity index (χ1) is 6.00. The minimum atomic E-state index is -1.88. The minimum absolute atomic E-state index is 0.404. The molecule has 0 bridgehead atoms. The van der Waals surface area contributed by atoms with Crippen LogP contribution in [-0.4, -0.2) is 0 Å². The molecule has 0 aliphatic rings. The van der Waals surface area contributed by atoms with Crippen molar-refractivity contribution in [2.75, 3.05) is 5.43 Å². The van der Waals surface area contributed by atoms with Crippen LogP contribution in [0.4, 0.5) is 23.2 Å². The molecule has 0 saturated heterocycles. The zero-order chi connectivity index (χ0) is 10.2. The summed E-state index contributed by atoms with van der Waals surface area (Å²) in [4.78, 5) is 0. The van der Waals surface area contributed by atoms with Gasteiger partial charge in [0.1, 0.15) is 0 Å².